The van der Waals surface area contributed by atoms with Crippen LogP contribution in [0, 0.1) is 0 Å². The summed E-state index contributed by atoms with van der Waals surface area (Å²) < 4.78 is 5.29. The number of fused-ring (bicyclic) bond motifs is 1. The molecule has 0 aliphatic carbocycles. The van der Waals surface area contributed by atoms with Gasteiger partial charge in [0.25, 0.3) is 0 Å². The monoisotopic (exact) mass is 298 g/mol. The van der Waals surface area contributed by atoms with Crippen LogP contribution in [0.15, 0.2) is 42.2 Å². The van der Waals surface area contributed by atoms with Crippen LogP contribution in [0.5, 0.6) is 17.2 Å². The van der Waals surface area contributed by atoms with Crippen molar-refractivity contribution in [2.24, 2.45) is 0 Å². The molecule has 1 heterocycles. The van der Waals surface area contributed by atoms with Crippen LogP contribution in [-0.4, -0.2) is 27.1 Å². The average molecular weight is 298 g/mol. The largest absolute Gasteiger partial charge is 0.504 e. The van der Waals surface area contributed by atoms with E-state index in [1.807, 2.05) is 0 Å². The minimum atomic E-state index is -1.08. The first kappa shape index (κ1) is 13.7. The van der Waals surface area contributed by atoms with Crippen molar-refractivity contribution < 1.29 is 29.6 Å². The van der Waals surface area contributed by atoms with Crippen molar-refractivity contribution in [2.75, 3.05) is 0 Å². The van der Waals surface area contributed by atoms with Crippen LogP contribution in [0.2, 0.25) is 0 Å². The zero-order valence-corrected chi connectivity index (χ0v) is 11.1. The van der Waals surface area contributed by atoms with Crippen LogP contribution in [-0.2, 0) is 0 Å². The third-order valence-electron chi connectivity index (χ3n) is 3.22. The van der Waals surface area contributed by atoms with Gasteiger partial charge in [0.15, 0.2) is 17.3 Å². The van der Waals surface area contributed by atoms with E-state index in [2.05, 4.69) is 0 Å². The molecule has 22 heavy (non-hydrogen) atoms. The molecule has 0 spiro atoms. The third kappa shape index (κ3) is 2.16. The van der Waals surface area contributed by atoms with Crippen LogP contribution in [0.3, 0.4) is 0 Å². The lowest BCUT2D eigenvalue weighted by molar-refractivity contribution is 0.0696. The van der Waals surface area contributed by atoms with Crippen molar-refractivity contribution in [3.63, 3.8) is 0 Å². The molecule has 0 aromatic heterocycles. The number of ether oxygens (including phenoxy) is 1. The Kier molecular flexibility index (Phi) is 3.06. The summed E-state index contributed by atoms with van der Waals surface area (Å²) in [6.45, 7) is 0. The van der Waals surface area contributed by atoms with E-state index in [0.717, 1.165) is 0 Å². The first-order chi connectivity index (χ1) is 10.5. The molecule has 2 aromatic carbocycles. The Morgan fingerprint density at radius 1 is 1.14 bits per heavy atom. The highest BCUT2D eigenvalue weighted by atomic mass is 16.5. The van der Waals surface area contributed by atoms with Crippen LogP contribution >= 0.6 is 0 Å². The first-order valence-electron chi connectivity index (χ1n) is 6.30. The molecule has 2 aromatic rings. The topological polar surface area (TPSA) is 104 Å². The molecule has 0 bridgehead atoms. The van der Waals surface area contributed by atoms with Gasteiger partial charge >= 0.3 is 5.97 Å². The number of phenolic OH excluding ortho intramolecular Hbond substituents is 2. The van der Waals surface area contributed by atoms with Crippen LogP contribution in [0.4, 0.5) is 0 Å². The quantitative estimate of drug-likeness (QED) is 0.581. The maximum atomic E-state index is 12.2. The number of aromatic hydroxyl groups is 2. The molecule has 1 aliphatic rings. The van der Waals surface area contributed by atoms with Crippen molar-refractivity contribution in [1.82, 2.24) is 0 Å². The molecular formula is C16H10O6. The highest BCUT2D eigenvalue weighted by Crippen LogP contribution is 2.44. The minimum absolute atomic E-state index is 0.0570. The van der Waals surface area contributed by atoms with Gasteiger partial charge in [-0.2, -0.15) is 0 Å². The molecule has 3 N–H and O–H groups in total. The van der Waals surface area contributed by atoms with E-state index in [9.17, 15) is 19.8 Å². The number of allylic oxidation sites excluding steroid dienone is 1. The van der Waals surface area contributed by atoms with Gasteiger partial charge in [-0.1, -0.05) is 12.1 Å². The van der Waals surface area contributed by atoms with E-state index < -0.39 is 17.5 Å². The van der Waals surface area contributed by atoms with Gasteiger partial charge in [0.2, 0.25) is 11.5 Å². The lowest BCUT2D eigenvalue weighted by Gasteiger charge is -2.02. The predicted octanol–water partition coefficient (Wildman–Crippen LogP) is 2.41. The van der Waals surface area contributed by atoms with E-state index in [4.69, 9.17) is 9.84 Å². The molecule has 0 unspecified atom stereocenters. The summed E-state index contributed by atoms with van der Waals surface area (Å²) in [5, 5.41) is 28.1. The van der Waals surface area contributed by atoms with Gasteiger partial charge in [0.05, 0.1) is 11.1 Å². The van der Waals surface area contributed by atoms with Crippen LogP contribution < -0.4 is 4.74 Å². The van der Waals surface area contributed by atoms with E-state index in [-0.39, 0.29) is 28.4 Å². The molecule has 1 aliphatic heterocycles. The number of carboxylic acids is 1. The summed E-state index contributed by atoms with van der Waals surface area (Å²) in [5.74, 6) is -2.59. The molecule has 0 amide bonds. The molecule has 0 saturated carbocycles. The molecule has 6 heteroatoms. The molecular weight excluding hydrogens is 288 g/mol. The Balaban J connectivity index is 2.01. The van der Waals surface area contributed by atoms with Gasteiger partial charge in [0, 0.05) is 0 Å². The lowest BCUT2D eigenvalue weighted by atomic mass is 10.1. The van der Waals surface area contributed by atoms with Gasteiger partial charge in [-0.15, -0.1) is 0 Å². The maximum Gasteiger partial charge on any atom is 0.335 e. The molecule has 3 rings (SSSR count). The maximum absolute atomic E-state index is 12.2. The second kappa shape index (κ2) is 4.92. The number of rotatable bonds is 2. The van der Waals surface area contributed by atoms with Gasteiger partial charge in [-0.25, -0.2) is 4.79 Å². The summed E-state index contributed by atoms with van der Waals surface area (Å²) in [5.41, 5.74) is 0.688. The number of aromatic carboxylic acids is 1. The Morgan fingerprint density at radius 2 is 1.91 bits per heavy atom. The molecule has 0 fully saturated rings. The number of Topliss-reactive ketones (excluding diaryl/α,β-unsaturated/α-hetero) is 1. The number of hydrogen-bond donors (Lipinski definition) is 3. The molecule has 0 saturated heterocycles. The number of carbonyl (C=O) groups is 2. The van der Waals surface area contributed by atoms with Gasteiger partial charge < -0.3 is 20.1 Å². The number of benzene rings is 2. The standard InChI is InChI=1S/C16H10O6/c17-11-5-4-10-13(18)12(22-15(10)14(11)19)7-8-2-1-3-9(6-8)16(20)21/h1-7,17,19H,(H,20,21). The highest BCUT2D eigenvalue weighted by molar-refractivity contribution is 6.15. The Bertz CT molecular complexity index is 835. The van der Waals surface area contributed by atoms with E-state index in [1.165, 1.54) is 30.3 Å². The second-order valence-electron chi connectivity index (χ2n) is 4.68. The van der Waals surface area contributed by atoms with Crippen molar-refractivity contribution >= 4 is 17.8 Å². The fourth-order valence-corrected chi connectivity index (χ4v) is 2.14. The number of ketones is 1. The summed E-state index contributed by atoms with van der Waals surface area (Å²) in [6, 6.07) is 8.54. The highest BCUT2D eigenvalue weighted by Gasteiger charge is 2.31. The van der Waals surface area contributed by atoms with Crippen molar-refractivity contribution in [3.8, 4) is 17.2 Å². The molecule has 0 atom stereocenters. The predicted molar refractivity (Wildman–Crippen MR) is 76.1 cm³/mol. The Hall–Kier alpha value is -3.28. The summed E-state index contributed by atoms with van der Waals surface area (Å²) in [7, 11) is 0. The van der Waals surface area contributed by atoms with Crippen LogP contribution in [0.1, 0.15) is 26.3 Å². The fourth-order valence-electron chi connectivity index (χ4n) is 2.14. The summed E-state index contributed by atoms with van der Waals surface area (Å²) in [4.78, 5) is 23.1. The fraction of sp³-hybridized carbons (Fsp3) is 0. The van der Waals surface area contributed by atoms with Gasteiger partial charge in [0.1, 0.15) is 0 Å². The Morgan fingerprint density at radius 3 is 2.64 bits per heavy atom. The normalized spacial score (nSPS) is 14.7. The number of carboxylic acid groups (broad SMARTS) is 1. The lowest BCUT2D eigenvalue weighted by Crippen LogP contribution is -1.99. The minimum Gasteiger partial charge on any atom is -0.504 e. The van der Waals surface area contributed by atoms with Crippen molar-refractivity contribution in [3.05, 3.63) is 58.8 Å². The zero-order chi connectivity index (χ0) is 15.9. The number of phenols is 2. The van der Waals surface area contributed by atoms with Gasteiger partial charge in [-0.3, -0.25) is 4.79 Å². The first-order valence-corrected chi connectivity index (χ1v) is 6.30. The van der Waals surface area contributed by atoms with E-state index in [1.54, 1.807) is 12.1 Å². The van der Waals surface area contributed by atoms with E-state index in [0.29, 0.717) is 5.56 Å². The summed E-state index contributed by atoms with van der Waals surface area (Å²) in [6.07, 6.45) is 1.38. The molecule has 0 radical (unpaired) electrons. The van der Waals surface area contributed by atoms with E-state index >= 15 is 0 Å². The molecule has 6 nitrogen and oxygen atoms in total. The zero-order valence-electron chi connectivity index (χ0n) is 11.1. The summed E-state index contributed by atoms with van der Waals surface area (Å²) >= 11 is 0. The SMILES string of the molecule is O=C(O)c1cccc(C=C2Oc3c(ccc(O)c3O)C2=O)c1. The average Bonchev–Trinajstić information content (AvgIpc) is 2.81. The smallest absolute Gasteiger partial charge is 0.335 e. The third-order valence-corrected chi connectivity index (χ3v) is 3.22. The number of carbonyl (C=O) groups excluding carboxylic acids is 1. The number of hydrogen-bond acceptors (Lipinski definition) is 5. The Labute approximate surface area is 124 Å². The van der Waals surface area contributed by atoms with Crippen molar-refractivity contribution in [1.29, 1.82) is 0 Å². The second-order valence-corrected chi connectivity index (χ2v) is 4.68. The van der Waals surface area contributed by atoms with Crippen molar-refractivity contribution in [2.45, 2.75) is 0 Å². The van der Waals surface area contributed by atoms with Gasteiger partial charge in [-0.05, 0) is 35.9 Å². The van der Waals surface area contributed by atoms with Crippen LogP contribution in [0.25, 0.3) is 6.08 Å². The molecule has 110 valence electrons.